The predicted molar refractivity (Wildman–Crippen MR) is 72.7 cm³/mol. The summed E-state index contributed by atoms with van der Waals surface area (Å²) >= 11 is 0. The van der Waals surface area contributed by atoms with Crippen LogP contribution in [-0.2, 0) is 11.3 Å². The molecule has 3 N–H and O–H groups in total. The Morgan fingerprint density at radius 1 is 1.50 bits per heavy atom. The molecule has 0 radical (unpaired) electrons. The second-order valence-electron chi connectivity index (χ2n) is 4.92. The number of amidine groups is 1. The van der Waals surface area contributed by atoms with Crippen molar-refractivity contribution in [2.24, 2.45) is 11.7 Å². The van der Waals surface area contributed by atoms with E-state index >= 15 is 0 Å². The molecule has 1 atom stereocenters. The molecule has 4 nitrogen and oxygen atoms in total. The number of rotatable bonds is 5. The second-order valence-corrected chi connectivity index (χ2v) is 4.92. The molecule has 0 saturated carbocycles. The van der Waals surface area contributed by atoms with E-state index in [4.69, 9.17) is 15.9 Å². The van der Waals surface area contributed by atoms with Crippen LogP contribution in [0.2, 0.25) is 0 Å². The molecule has 18 heavy (non-hydrogen) atoms. The number of hydrogen-bond acceptors (Lipinski definition) is 3. The summed E-state index contributed by atoms with van der Waals surface area (Å²) in [6.07, 6.45) is 1.19. The van der Waals surface area contributed by atoms with E-state index in [9.17, 15) is 0 Å². The highest BCUT2D eigenvalue weighted by Crippen LogP contribution is 2.20. The second kappa shape index (κ2) is 5.98. The van der Waals surface area contributed by atoms with Gasteiger partial charge in [0, 0.05) is 25.8 Å². The fraction of sp³-hybridized carbons (Fsp3) is 0.500. The van der Waals surface area contributed by atoms with Crippen LogP contribution in [-0.4, -0.2) is 37.5 Å². The molecule has 1 aliphatic heterocycles. The number of methoxy groups -OCH3 is 1. The van der Waals surface area contributed by atoms with Gasteiger partial charge < -0.3 is 10.5 Å². The van der Waals surface area contributed by atoms with Crippen molar-refractivity contribution in [1.29, 1.82) is 5.41 Å². The Labute approximate surface area is 108 Å². The lowest BCUT2D eigenvalue weighted by Gasteiger charge is -2.18. The van der Waals surface area contributed by atoms with Gasteiger partial charge in [0.15, 0.2) is 0 Å². The molecular formula is C14H21N3O. The summed E-state index contributed by atoms with van der Waals surface area (Å²) in [5, 5.41) is 7.60. The molecule has 0 amide bonds. The standard InChI is InChI=1S/C14H21N3O/c1-18-10-11-6-7-17(8-11)9-12-4-2-3-5-13(12)14(15)16/h2-5,11H,6-10H2,1H3,(H3,15,16). The Balaban J connectivity index is 2.00. The van der Waals surface area contributed by atoms with E-state index in [2.05, 4.69) is 11.0 Å². The van der Waals surface area contributed by atoms with E-state index in [0.717, 1.165) is 37.4 Å². The quantitative estimate of drug-likeness (QED) is 0.611. The van der Waals surface area contributed by atoms with Crippen LogP contribution < -0.4 is 5.73 Å². The van der Waals surface area contributed by atoms with Crippen LogP contribution in [0.15, 0.2) is 24.3 Å². The number of likely N-dealkylation sites (tertiary alicyclic amines) is 1. The fourth-order valence-corrected chi connectivity index (χ4v) is 2.59. The van der Waals surface area contributed by atoms with Crippen molar-refractivity contribution in [3.05, 3.63) is 35.4 Å². The number of nitrogens with two attached hydrogens (primary N) is 1. The van der Waals surface area contributed by atoms with E-state index in [1.54, 1.807) is 7.11 Å². The summed E-state index contributed by atoms with van der Waals surface area (Å²) in [6.45, 7) is 3.88. The normalized spacial score (nSPS) is 20.2. The molecule has 1 aliphatic rings. The van der Waals surface area contributed by atoms with Crippen LogP contribution in [0.3, 0.4) is 0 Å². The third kappa shape index (κ3) is 3.09. The number of ether oxygens (including phenoxy) is 1. The van der Waals surface area contributed by atoms with Crippen LogP contribution >= 0.6 is 0 Å². The average Bonchev–Trinajstić information content (AvgIpc) is 2.77. The topological polar surface area (TPSA) is 62.3 Å². The van der Waals surface area contributed by atoms with Crippen molar-refractivity contribution in [3.63, 3.8) is 0 Å². The predicted octanol–water partition coefficient (Wildman–Crippen LogP) is 1.44. The summed E-state index contributed by atoms with van der Waals surface area (Å²) in [4.78, 5) is 2.41. The van der Waals surface area contributed by atoms with Gasteiger partial charge in [-0.2, -0.15) is 0 Å². The van der Waals surface area contributed by atoms with Crippen molar-refractivity contribution in [2.75, 3.05) is 26.8 Å². The van der Waals surface area contributed by atoms with Crippen molar-refractivity contribution in [3.8, 4) is 0 Å². The van der Waals surface area contributed by atoms with Gasteiger partial charge in [0.25, 0.3) is 0 Å². The van der Waals surface area contributed by atoms with Gasteiger partial charge in [-0.3, -0.25) is 10.3 Å². The Morgan fingerprint density at radius 3 is 3.00 bits per heavy atom. The minimum atomic E-state index is 0.151. The summed E-state index contributed by atoms with van der Waals surface area (Å²) in [5.74, 6) is 0.790. The molecule has 1 aromatic carbocycles. The van der Waals surface area contributed by atoms with Crippen LogP contribution in [0.4, 0.5) is 0 Å². The lowest BCUT2D eigenvalue weighted by atomic mass is 10.1. The minimum Gasteiger partial charge on any atom is -0.384 e. The monoisotopic (exact) mass is 247 g/mol. The number of hydrogen-bond donors (Lipinski definition) is 2. The molecule has 0 aliphatic carbocycles. The van der Waals surface area contributed by atoms with E-state index in [0.29, 0.717) is 5.92 Å². The molecule has 1 unspecified atom stereocenters. The maximum Gasteiger partial charge on any atom is 0.123 e. The van der Waals surface area contributed by atoms with Gasteiger partial charge in [-0.15, -0.1) is 0 Å². The summed E-state index contributed by atoms with van der Waals surface area (Å²) in [7, 11) is 1.76. The number of benzene rings is 1. The molecule has 0 spiro atoms. The van der Waals surface area contributed by atoms with Gasteiger partial charge >= 0.3 is 0 Å². The van der Waals surface area contributed by atoms with Crippen LogP contribution in [0.1, 0.15) is 17.5 Å². The largest absolute Gasteiger partial charge is 0.384 e. The average molecular weight is 247 g/mol. The Bertz CT molecular complexity index is 419. The Morgan fingerprint density at radius 2 is 2.28 bits per heavy atom. The zero-order valence-corrected chi connectivity index (χ0v) is 10.9. The highest BCUT2D eigenvalue weighted by Gasteiger charge is 2.22. The Hall–Kier alpha value is -1.39. The summed E-state index contributed by atoms with van der Waals surface area (Å²) in [6, 6.07) is 7.91. The SMILES string of the molecule is COCC1CCN(Cc2ccccc2C(=N)N)C1. The third-order valence-corrected chi connectivity index (χ3v) is 3.47. The first-order chi connectivity index (χ1) is 8.70. The molecule has 1 heterocycles. The third-order valence-electron chi connectivity index (χ3n) is 3.47. The molecule has 1 aromatic rings. The van der Waals surface area contributed by atoms with Crippen LogP contribution in [0, 0.1) is 11.3 Å². The van der Waals surface area contributed by atoms with E-state index < -0.39 is 0 Å². The van der Waals surface area contributed by atoms with Crippen molar-refractivity contribution < 1.29 is 4.74 Å². The number of nitrogens with zero attached hydrogens (tertiary/aromatic N) is 1. The summed E-state index contributed by atoms with van der Waals surface area (Å²) in [5.41, 5.74) is 7.60. The van der Waals surface area contributed by atoms with Crippen LogP contribution in [0.25, 0.3) is 0 Å². The molecule has 1 saturated heterocycles. The van der Waals surface area contributed by atoms with Gasteiger partial charge in [-0.25, -0.2) is 0 Å². The molecule has 1 fully saturated rings. The maximum atomic E-state index is 7.60. The lowest BCUT2D eigenvalue weighted by Crippen LogP contribution is -2.23. The minimum absolute atomic E-state index is 0.151. The van der Waals surface area contributed by atoms with E-state index in [-0.39, 0.29) is 5.84 Å². The van der Waals surface area contributed by atoms with Gasteiger partial charge in [0.05, 0.1) is 6.61 Å². The van der Waals surface area contributed by atoms with Crippen LogP contribution in [0.5, 0.6) is 0 Å². The van der Waals surface area contributed by atoms with Crippen molar-refractivity contribution in [1.82, 2.24) is 4.90 Å². The molecule has 2 rings (SSSR count). The first-order valence-electron chi connectivity index (χ1n) is 6.34. The highest BCUT2D eigenvalue weighted by atomic mass is 16.5. The zero-order chi connectivity index (χ0) is 13.0. The smallest absolute Gasteiger partial charge is 0.123 e. The number of nitrogen functional groups attached to an aromatic ring is 1. The van der Waals surface area contributed by atoms with Crippen molar-refractivity contribution in [2.45, 2.75) is 13.0 Å². The molecule has 0 bridgehead atoms. The lowest BCUT2D eigenvalue weighted by molar-refractivity contribution is 0.152. The first kappa shape index (κ1) is 13.1. The molecule has 4 heteroatoms. The molecule has 0 aromatic heterocycles. The number of nitrogens with one attached hydrogen (secondary N) is 1. The van der Waals surface area contributed by atoms with Gasteiger partial charge in [-0.1, -0.05) is 24.3 Å². The molecule has 98 valence electrons. The van der Waals surface area contributed by atoms with E-state index in [1.807, 2.05) is 18.2 Å². The highest BCUT2D eigenvalue weighted by molar-refractivity contribution is 5.96. The van der Waals surface area contributed by atoms with Gasteiger partial charge in [0.2, 0.25) is 0 Å². The summed E-state index contributed by atoms with van der Waals surface area (Å²) < 4.78 is 5.21. The Kier molecular flexibility index (Phi) is 4.33. The fourth-order valence-electron chi connectivity index (χ4n) is 2.59. The van der Waals surface area contributed by atoms with Gasteiger partial charge in [-0.05, 0) is 24.4 Å². The first-order valence-corrected chi connectivity index (χ1v) is 6.34. The molecular weight excluding hydrogens is 226 g/mol. The van der Waals surface area contributed by atoms with Crippen molar-refractivity contribution >= 4 is 5.84 Å². The zero-order valence-electron chi connectivity index (χ0n) is 10.9. The van der Waals surface area contributed by atoms with E-state index in [1.165, 1.54) is 6.42 Å². The van der Waals surface area contributed by atoms with Gasteiger partial charge in [0.1, 0.15) is 5.84 Å². The maximum absolute atomic E-state index is 7.60.